The zero-order valence-corrected chi connectivity index (χ0v) is 18.5. The summed E-state index contributed by atoms with van der Waals surface area (Å²) in [7, 11) is 1.57. The molecule has 5 nitrogen and oxygen atoms in total. The maximum absolute atomic E-state index is 12.5. The minimum atomic E-state index is -0.0234. The summed E-state index contributed by atoms with van der Waals surface area (Å²) in [6.45, 7) is 9.34. The number of hydrogen-bond donors (Lipinski definition) is 0. The van der Waals surface area contributed by atoms with Gasteiger partial charge in [0.2, 0.25) is 0 Å². The van der Waals surface area contributed by atoms with Crippen molar-refractivity contribution in [2.45, 2.75) is 32.1 Å². The number of ether oxygens (including phenoxy) is 1. The number of aryl methyl sites for hydroxylation is 2. The highest BCUT2D eigenvalue weighted by Crippen LogP contribution is 2.20. The van der Waals surface area contributed by atoms with Crippen LogP contribution in [-0.2, 0) is 11.2 Å². The molecular weight excluding hydrogens is 394 g/mol. The van der Waals surface area contributed by atoms with Crippen molar-refractivity contribution >= 4 is 29.6 Å². The van der Waals surface area contributed by atoms with E-state index >= 15 is 0 Å². The van der Waals surface area contributed by atoms with Gasteiger partial charge in [-0.15, -0.1) is 11.8 Å². The maximum Gasteiger partial charge on any atom is 0.271 e. The first kappa shape index (κ1) is 23.7. The van der Waals surface area contributed by atoms with Crippen molar-refractivity contribution in [2.24, 2.45) is 4.99 Å². The lowest BCUT2D eigenvalue weighted by Gasteiger charge is -2.12. The largest absolute Gasteiger partial charge is 0.497 e. The highest BCUT2D eigenvalue weighted by Gasteiger charge is 2.12. The van der Waals surface area contributed by atoms with Crippen molar-refractivity contribution in [1.29, 1.82) is 0 Å². The SMILES string of the molecule is C=C(/C=C\N=CC)OC.CCc1ncn(-c2ccc(Cl)cc2C)c(=O)c1SC. The van der Waals surface area contributed by atoms with E-state index in [0.717, 1.165) is 23.4 Å². The summed E-state index contributed by atoms with van der Waals surface area (Å²) in [5.41, 5.74) is 2.60. The molecule has 150 valence electrons. The standard InChI is InChI=1S/C14H15ClN2OS.C7H11NO/c1-4-11-13(19-3)14(18)17(8-16-11)12-6-5-10(15)7-9(12)2;1-4-8-6-5-7(2)9-3/h5-8H,4H2,1-3H3;4-6H,2H2,1,3H3/b;6-5-,8-4?. The molecule has 0 atom stereocenters. The van der Waals surface area contributed by atoms with Crippen LogP contribution in [0.2, 0.25) is 5.02 Å². The van der Waals surface area contributed by atoms with Crippen molar-refractivity contribution in [3.8, 4) is 5.69 Å². The predicted molar refractivity (Wildman–Crippen MR) is 120 cm³/mol. The fourth-order valence-corrected chi connectivity index (χ4v) is 3.20. The highest BCUT2D eigenvalue weighted by atomic mass is 35.5. The smallest absolute Gasteiger partial charge is 0.271 e. The number of hydrogen-bond acceptors (Lipinski definition) is 5. The van der Waals surface area contributed by atoms with Crippen molar-refractivity contribution in [1.82, 2.24) is 9.55 Å². The summed E-state index contributed by atoms with van der Waals surface area (Å²) in [5.74, 6) is 0.612. The Morgan fingerprint density at radius 2 is 2.18 bits per heavy atom. The van der Waals surface area contributed by atoms with Gasteiger partial charge in [-0.05, 0) is 56.4 Å². The molecule has 0 radical (unpaired) electrons. The lowest BCUT2D eigenvalue weighted by molar-refractivity contribution is 0.308. The molecule has 7 heteroatoms. The van der Waals surface area contributed by atoms with Gasteiger partial charge in [-0.1, -0.05) is 25.1 Å². The molecule has 1 aromatic heterocycles. The Labute approximate surface area is 175 Å². The Morgan fingerprint density at radius 3 is 2.71 bits per heavy atom. The molecule has 0 saturated carbocycles. The Balaban J connectivity index is 0.000000370. The Hall–Kier alpha value is -2.31. The number of aliphatic imine (C=N–C) groups is 1. The zero-order chi connectivity index (χ0) is 21.1. The van der Waals surface area contributed by atoms with Crippen LogP contribution in [-0.4, -0.2) is 29.1 Å². The Kier molecular flexibility index (Phi) is 10.3. The van der Waals surface area contributed by atoms with Gasteiger partial charge in [0.15, 0.2) is 0 Å². The number of halogens is 1. The average Bonchev–Trinajstić information content (AvgIpc) is 2.68. The molecule has 0 aliphatic heterocycles. The molecule has 0 N–H and O–H groups in total. The van der Waals surface area contributed by atoms with Crippen molar-refractivity contribution in [3.63, 3.8) is 0 Å². The molecule has 1 aromatic carbocycles. The number of benzene rings is 1. The van der Waals surface area contributed by atoms with E-state index in [2.05, 4.69) is 16.6 Å². The van der Waals surface area contributed by atoms with Gasteiger partial charge in [0.25, 0.3) is 5.56 Å². The number of nitrogens with zero attached hydrogens (tertiary/aromatic N) is 3. The van der Waals surface area contributed by atoms with Crippen LogP contribution in [0.15, 0.2) is 63.8 Å². The molecule has 2 rings (SSSR count). The molecule has 28 heavy (non-hydrogen) atoms. The van der Waals surface area contributed by atoms with Gasteiger partial charge in [-0.2, -0.15) is 0 Å². The lowest BCUT2D eigenvalue weighted by atomic mass is 10.2. The maximum atomic E-state index is 12.5. The molecule has 0 saturated heterocycles. The first-order chi connectivity index (χ1) is 13.4. The first-order valence-electron chi connectivity index (χ1n) is 8.67. The van der Waals surface area contributed by atoms with Crippen molar-refractivity contribution < 1.29 is 4.74 Å². The number of allylic oxidation sites excluding steroid dienone is 1. The van der Waals surface area contributed by atoms with Crippen LogP contribution in [0, 0.1) is 6.92 Å². The molecule has 0 bridgehead atoms. The Bertz CT molecular complexity index is 920. The fraction of sp³-hybridized carbons (Fsp3) is 0.286. The summed E-state index contributed by atoms with van der Waals surface area (Å²) in [6.07, 6.45) is 9.27. The molecule has 1 heterocycles. The quantitative estimate of drug-likeness (QED) is 0.278. The van der Waals surface area contributed by atoms with E-state index in [9.17, 15) is 4.79 Å². The zero-order valence-electron chi connectivity index (χ0n) is 16.9. The van der Waals surface area contributed by atoms with E-state index < -0.39 is 0 Å². The van der Waals surface area contributed by atoms with Gasteiger partial charge in [-0.3, -0.25) is 14.4 Å². The van der Waals surface area contributed by atoms with E-state index in [1.807, 2.05) is 39.2 Å². The first-order valence-corrected chi connectivity index (χ1v) is 10.3. The van der Waals surface area contributed by atoms with E-state index in [4.69, 9.17) is 16.3 Å². The van der Waals surface area contributed by atoms with Crippen LogP contribution in [0.25, 0.3) is 5.69 Å². The second kappa shape index (κ2) is 12.2. The lowest BCUT2D eigenvalue weighted by Crippen LogP contribution is -2.22. The molecule has 0 fully saturated rings. The van der Waals surface area contributed by atoms with Crippen LogP contribution in [0.1, 0.15) is 25.1 Å². The highest BCUT2D eigenvalue weighted by molar-refractivity contribution is 7.98. The number of aromatic nitrogens is 2. The topological polar surface area (TPSA) is 56.5 Å². The summed E-state index contributed by atoms with van der Waals surface area (Å²) in [5, 5.41) is 0.664. The third-order valence-electron chi connectivity index (χ3n) is 3.72. The van der Waals surface area contributed by atoms with Crippen LogP contribution in [0.3, 0.4) is 0 Å². The molecule has 2 aromatic rings. The minimum Gasteiger partial charge on any atom is -0.497 e. The minimum absolute atomic E-state index is 0.0234. The van der Waals surface area contributed by atoms with Crippen LogP contribution < -0.4 is 5.56 Å². The van der Waals surface area contributed by atoms with Gasteiger partial charge in [0.1, 0.15) is 12.1 Å². The number of thioether (sulfide) groups is 1. The van der Waals surface area contributed by atoms with Crippen LogP contribution in [0.4, 0.5) is 0 Å². The third-order valence-corrected chi connectivity index (χ3v) is 4.77. The molecule has 0 aliphatic carbocycles. The fourth-order valence-electron chi connectivity index (χ4n) is 2.27. The van der Waals surface area contributed by atoms with E-state index in [1.165, 1.54) is 11.8 Å². The summed E-state index contributed by atoms with van der Waals surface area (Å²) in [6, 6.07) is 5.47. The monoisotopic (exact) mass is 419 g/mol. The van der Waals surface area contributed by atoms with Gasteiger partial charge >= 0.3 is 0 Å². The molecular formula is C21H26ClN3O2S. The van der Waals surface area contributed by atoms with Crippen molar-refractivity contribution in [2.75, 3.05) is 13.4 Å². The summed E-state index contributed by atoms with van der Waals surface area (Å²) < 4.78 is 6.32. The van der Waals surface area contributed by atoms with Crippen molar-refractivity contribution in [3.05, 3.63) is 75.8 Å². The van der Waals surface area contributed by atoms with Gasteiger partial charge in [0.05, 0.1) is 23.4 Å². The average molecular weight is 420 g/mol. The van der Waals surface area contributed by atoms with E-state index in [1.54, 1.807) is 42.6 Å². The van der Waals surface area contributed by atoms with Gasteiger partial charge in [0, 0.05) is 17.4 Å². The van der Waals surface area contributed by atoms with Crippen LogP contribution in [0.5, 0.6) is 0 Å². The second-order valence-corrected chi connectivity index (χ2v) is 6.83. The number of rotatable bonds is 6. The predicted octanol–water partition coefficient (Wildman–Crippen LogP) is 5.23. The second-order valence-electron chi connectivity index (χ2n) is 5.58. The number of methoxy groups -OCH3 is 1. The van der Waals surface area contributed by atoms with E-state index in [-0.39, 0.29) is 5.56 Å². The summed E-state index contributed by atoms with van der Waals surface area (Å²) in [4.78, 5) is 21.4. The van der Waals surface area contributed by atoms with Crippen LogP contribution >= 0.6 is 23.4 Å². The van der Waals surface area contributed by atoms with Gasteiger partial charge in [-0.25, -0.2) is 4.98 Å². The third kappa shape index (κ3) is 6.69. The molecule has 0 spiro atoms. The van der Waals surface area contributed by atoms with E-state index in [0.29, 0.717) is 15.7 Å². The molecule has 0 aliphatic rings. The normalized spacial score (nSPS) is 10.8. The summed E-state index contributed by atoms with van der Waals surface area (Å²) >= 11 is 7.39. The Morgan fingerprint density at radius 1 is 1.46 bits per heavy atom. The molecule has 0 amide bonds. The molecule has 0 unspecified atom stereocenters. The van der Waals surface area contributed by atoms with Gasteiger partial charge < -0.3 is 4.74 Å².